The van der Waals surface area contributed by atoms with Crippen LogP contribution in [0.3, 0.4) is 0 Å². The highest BCUT2D eigenvalue weighted by atomic mass is 16.6. The zero-order chi connectivity index (χ0) is 30.5. The summed E-state index contributed by atoms with van der Waals surface area (Å²) in [7, 11) is 1.61. The zero-order valence-electron chi connectivity index (χ0n) is 24.7. The molecule has 2 N–H and O–H groups in total. The van der Waals surface area contributed by atoms with E-state index in [0.717, 1.165) is 40.8 Å². The van der Waals surface area contributed by atoms with Gasteiger partial charge in [0.1, 0.15) is 0 Å². The molecule has 2 aromatic heterocycles. The fourth-order valence-electron chi connectivity index (χ4n) is 5.13. The molecule has 0 aliphatic heterocycles. The van der Waals surface area contributed by atoms with E-state index in [0.29, 0.717) is 40.8 Å². The number of aromatic nitrogens is 5. The Labute approximate surface area is 249 Å². The number of fused-ring (bicyclic) bond motifs is 1. The molecule has 0 aliphatic rings. The molecule has 10 nitrogen and oxygen atoms in total. The first-order valence-electron chi connectivity index (χ1n) is 14.3. The third kappa shape index (κ3) is 6.38. The molecular weight excluding hydrogens is 544 g/mol. The van der Waals surface area contributed by atoms with Crippen LogP contribution in [0.25, 0.3) is 33.4 Å². The van der Waals surface area contributed by atoms with Crippen molar-refractivity contribution in [2.75, 3.05) is 11.9 Å². The molecule has 220 valence electrons. The number of nitrogens with one attached hydrogen (secondary N) is 1. The summed E-state index contributed by atoms with van der Waals surface area (Å²) >= 11 is 0. The van der Waals surface area contributed by atoms with Crippen molar-refractivity contribution in [3.05, 3.63) is 89.1 Å². The summed E-state index contributed by atoms with van der Waals surface area (Å²) in [5.74, 6) is -0.522. The van der Waals surface area contributed by atoms with Crippen molar-refractivity contribution in [3.8, 4) is 22.5 Å². The van der Waals surface area contributed by atoms with E-state index in [2.05, 4.69) is 27.5 Å². The van der Waals surface area contributed by atoms with Crippen LogP contribution in [-0.4, -0.2) is 55.9 Å². The maximum absolute atomic E-state index is 12.8. The molecule has 43 heavy (non-hydrogen) atoms. The molecule has 3 aromatic carbocycles. The Hall–Kier alpha value is -5.12. The molecule has 0 aliphatic carbocycles. The van der Waals surface area contributed by atoms with Crippen LogP contribution in [-0.2, 0) is 17.6 Å². The van der Waals surface area contributed by atoms with Crippen LogP contribution >= 0.6 is 0 Å². The summed E-state index contributed by atoms with van der Waals surface area (Å²) in [5.41, 5.74) is 6.52. The average Bonchev–Trinajstić information content (AvgIpc) is 3.54. The average molecular weight is 579 g/mol. The van der Waals surface area contributed by atoms with Gasteiger partial charge in [-0.15, -0.1) is 10.2 Å². The van der Waals surface area contributed by atoms with Gasteiger partial charge in [0.05, 0.1) is 17.2 Å². The minimum Gasteiger partial charge on any atom is -0.478 e. The first-order valence-corrected chi connectivity index (χ1v) is 14.3. The molecule has 0 unspecified atom stereocenters. The Morgan fingerprint density at radius 1 is 1.02 bits per heavy atom. The van der Waals surface area contributed by atoms with E-state index in [9.17, 15) is 14.7 Å². The Kier molecular flexibility index (Phi) is 8.75. The lowest BCUT2D eigenvalue weighted by Crippen LogP contribution is -2.29. The van der Waals surface area contributed by atoms with E-state index in [4.69, 9.17) is 9.72 Å². The second kappa shape index (κ2) is 12.8. The molecule has 0 saturated heterocycles. The normalized spacial score (nSPS) is 11.2. The summed E-state index contributed by atoms with van der Waals surface area (Å²) < 4.78 is 5.34. The molecule has 10 heteroatoms. The smallest absolute Gasteiger partial charge is 0.414 e. The Balaban J connectivity index is 1.55. The first kappa shape index (κ1) is 29.4. The SMILES string of the molecule is CCCCc1nc2ccc(N(C)C(=O)OC(C)C)cc2c(C(=O)O)c1Cc1ccc(-c2ccccc2-c2nn[nH]n2)cc1. The van der Waals surface area contributed by atoms with E-state index in [1.165, 1.54) is 4.90 Å². The fourth-order valence-corrected chi connectivity index (χ4v) is 5.13. The minimum atomic E-state index is -1.03. The Bertz CT molecular complexity index is 1750. The highest BCUT2D eigenvalue weighted by Crippen LogP contribution is 2.33. The van der Waals surface area contributed by atoms with Crippen molar-refractivity contribution in [3.63, 3.8) is 0 Å². The first-order chi connectivity index (χ1) is 20.8. The van der Waals surface area contributed by atoms with E-state index in [1.54, 1.807) is 39.1 Å². The number of nitrogens with zero attached hydrogens (tertiary/aromatic N) is 5. The number of rotatable bonds is 10. The standard InChI is InChI=1S/C33H34N6O4/c1-5-6-11-28-26(18-21-12-14-22(15-13-21)24-9-7-8-10-25(24)31-35-37-38-36-31)30(32(40)41)27-19-23(16-17-29(27)34-28)39(4)33(42)43-20(2)3/h7-10,12-17,19-20H,5-6,11,18H2,1-4H3,(H,40,41)(H,35,36,37,38). The van der Waals surface area contributed by atoms with Gasteiger partial charge in [-0.3, -0.25) is 9.88 Å². The van der Waals surface area contributed by atoms with Gasteiger partial charge < -0.3 is 9.84 Å². The van der Waals surface area contributed by atoms with Gasteiger partial charge >= 0.3 is 12.1 Å². The number of hydrogen-bond donors (Lipinski definition) is 2. The van der Waals surface area contributed by atoms with Gasteiger partial charge in [-0.25, -0.2) is 9.59 Å². The largest absolute Gasteiger partial charge is 0.478 e. The van der Waals surface area contributed by atoms with Gasteiger partial charge in [-0.2, -0.15) is 5.21 Å². The highest BCUT2D eigenvalue weighted by Gasteiger charge is 2.23. The van der Waals surface area contributed by atoms with Crippen molar-refractivity contribution in [2.45, 2.75) is 52.6 Å². The fraction of sp³-hybridized carbons (Fsp3) is 0.273. The zero-order valence-corrected chi connectivity index (χ0v) is 24.7. The second-order valence-electron chi connectivity index (χ2n) is 10.7. The van der Waals surface area contributed by atoms with Gasteiger partial charge in [0, 0.05) is 35.8 Å². The second-order valence-corrected chi connectivity index (χ2v) is 10.7. The number of carboxylic acid groups (broad SMARTS) is 1. The number of carbonyl (C=O) groups excluding carboxylic acids is 1. The van der Waals surface area contributed by atoms with Crippen LogP contribution in [0.15, 0.2) is 66.7 Å². The maximum atomic E-state index is 12.8. The molecule has 2 heterocycles. The molecule has 5 aromatic rings. The van der Waals surface area contributed by atoms with Crippen molar-refractivity contribution in [2.24, 2.45) is 0 Å². The van der Waals surface area contributed by atoms with Gasteiger partial charge in [0.25, 0.3) is 0 Å². The number of ether oxygens (including phenoxy) is 1. The van der Waals surface area contributed by atoms with E-state index in [-0.39, 0.29) is 11.7 Å². The number of carboxylic acids is 1. The minimum absolute atomic E-state index is 0.204. The monoisotopic (exact) mass is 578 g/mol. The number of aromatic carboxylic acids is 1. The predicted molar refractivity (Wildman–Crippen MR) is 165 cm³/mol. The van der Waals surface area contributed by atoms with Crippen LogP contribution in [0.5, 0.6) is 0 Å². The van der Waals surface area contributed by atoms with Gasteiger partial charge in [0.15, 0.2) is 0 Å². The lowest BCUT2D eigenvalue weighted by Gasteiger charge is -2.20. The highest BCUT2D eigenvalue weighted by molar-refractivity contribution is 6.06. The van der Waals surface area contributed by atoms with E-state index in [1.807, 2.05) is 48.5 Å². The maximum Gasteiger partial charge on any atom is 0.414 e. The number of pyridine rings is 1. The van der Waals surface area contributed by atoms with Crippen LogP contribution in [0.4, 0.5) is 10.5 Å². The van der Waals surface area contributed by atoms with Gasteiger partial charge in [0.2, 0.25) is 5.82 Å². The Morgan fingerprint density at radius 3 is 2.42 bits per heavy atom. The van der Waals surface area contributed by atoms with Crippen LogP contribution in [0, 0.1) is 0 Å². The summed E-state index contributed by atoms with van der Waals surface area (Å²) in [4.78, 5) is 31.7. The molecule has 0 saturated carbocycles. The number of benzene rings is 3. The van der Waals surface area contributed by atoms with Crippen molar-refractivity contribution >= 4 is 28.7 Å². The number of unbranched alkanes of at least 4 members (excludes halogenated alkanes) is 1. The molecular formula is C33H34N6O4. The van der Waals surface area contributed by atoms with Crippen LogP contribution in [0.1, 0.15) is 60.8 Å². The third-order valence-electron chi connectivity index (χ3n) is 7.29. The van der Waals surface area contributed by atoms with E-state index >= 15 is 0 Å². The topological polar surface area (TPSA) is 134 Å². The van der Waals surface area contributed by atoms with Crippen LogP contribution in [0.2, 0.25) is 0 Å². The van der Waals surface area contributed by atoms with E-state index < -0.39 is 12.1 Å². The number of hydrogen-bond acceptors (Lipinski definition) is 7. The molecule has 0 radical (unpaired) electrons. The molecule has 1 amide bonds. The number of aromatic amines is 1. The quantitative estimate of drug-likeness (QED) is 0.187. The molecule has 0 spiro atoms. The molecule has 0 bridgehead atoms. The van der Waals surface area contributed by atoms with Crippen molar-refractivity contribution in [1.29, 1.82) is 0 Å². The van der Waals surface area contributed by atoms with Crippen LogP contribution < -0.4 is 4.90 Å². The predicted octanol–water partition coefficient (Wildman–Crippen LogP) is 6.69. The summed E-state index contributed by atoms with van der Waals surface area (Å²) in [6, 6.07) is 21.1. The Morgan fingerprint density at radius 2 is 1.77 bits per heavy atom. The van der Waals surface area contributed by atoms with Crippen molar-refractivity contribution in [1.82, 2.24) is 25.6 Å². The van der Waals surface area contributed by atoms with Gasteiger partial charge in [-0.05, 0) is 72.4 Å². The molecule has 0 fully saturated rings. The summed E-state index contributed by atoms with van der Waals surface area (Å²) in [5, 5.41) is 25.4. The number of tetrazole rings is 1. The number of anilines is 1. The number of aryl methyl sites for hydroxylation is 1. The number of H-pyrrole nitrogens is 1. The third-order valence-corrected chi connectivity index (χ3v) is 7.29. The van der Waals surface area contributed by atoms with Gasteiger partial charge in [-0.1, -0.05) is 61.9 Å². The molecule has 0 atom stereocenters. The number of carbonyl (C=O) groups is 2. The lowest BCUT2D eigenvalue weighted by atomic mass is 9.91. The molecule has 5 rings (SSSR count). The summed E-state index contributed by atoms with van der Waals surface area (Å²) in [6.07, 6.45) is 2.11. The summed E-state index contributed by atoms with van der Waals surface area (Å²) in [6.45, 7) is 5.66. The number of amides is 1. The van der Waals surface area contributed by atoms with Crippen molar-refractivity contribution < 1.29 is 19.4 Å². The lowest BCUT2D eigenvalue weighted by molar-refractivity contribution is 0.0697.